The lowest BCUT2D eigenvalue weighted by Gasteiger charge is -2.22. The fourth-order valence-electron chi connectivity index (χ4n) is 2.74. The monoisotopic (exact) mass is 355 g/mol. The van der Waals surface area contributed by atoms with Gasteiger partial charge in [0.05, 0.1) is 19.8 Å². The average molecular weight is 356 g/mol. The average Bonchev–Trinajstić information content (AvgIpc) is 2.71. The Morgan fingerprint density at radius 3 is 2.67 bits per heavy atom. The van der Waals surface area contributed by atoms with Gasteiger partial charge in [0, 0.05) is 10.9 Å². The zero-order valence-electron chi connectivity index (χ0n) is 12.5. The van der Waals surface area contributed by atoms with Gasteiger partial charge in [0.25, 0.3) is 5.91 Å². The minimum atomic E-state index is -0.109. The fourth-order valence-corrected chi connectivity index (χ4v) is 3.46. The molecule has 21 heavy (non-hydrogen) atoms. The Bertz CT molecular complexity index is 492. The van der Waals surface area contributed by atoms with Crippen molar-refractivity contribution in [3.63, 3.8) is 0 Å². The summed E-state index contributed by atoms with van der Waals surface area (Å²) < 4.78 is 10.6. The maximum Gasteiger partial charge on any atom is 0.255 e. The Morgan fingerprint density at radius 1 is 1.19 bits per heavy atom. The third-order valence-electron chi connectivity index (χ3n) is 3.90. The van der Waals surface area contributed by atoms with E-state index in [4.69, 9.17) is 9.47 Å². The Kier molecular flexibility index (Phi) is 5.91. The molecular weight excluding hydrogens is 334 g/mol. The minimum absolute atomic E-state index is 0.109. The first-order valence-corrected chi connectivity index (χ1v) is 8.25. The van der Waals surface area contributed by atoms with E-state index in [1.807, 2.05) is 0 Å². The molecule has 0 aromatic heterocycles. The van der Waals surface area contributed by atoms with Crippen molar-refractivity contribution < 1.29 is 14.3 Å². The van der Waals surface area contributed by atoms with Crippen LogP contribution in [0.3, 0.4) is 0 Å². The third-order valence-corrected chi connectivity index (χ3v) is 4.99. The van der Waals surface area contributed by atoms with Gasteiger partial charge in [0.1, 0.15) is 0 Å². The summed E-state index contributed by atoms with van der Waals surface area (Å²) in [4.78, 5) is 12.9. The number of amides is 1. The summed E-state index contributed by atoms with van der Waals surface area (Å²) in [5, 5.41) is 3.13. The summed E-state index contributed by atoms with van der Waals surface area (Å²) in [6.07, 6.45) is 5.71. The van der Waals surface area contributed by atoms with Gasteiger partial charge >= 0.3 is 0 Å². The molecule has 116 valence electrons. The second kappa shape index (κ2) is 7.69. The lowest BCUT2D eigenvalue weighted by atomic mass is 10.1. The van der Waals surface area contributed by atoms with E-state index < -0.39 is 0 Å². The number of carbonyl (C=O) groups excluding carboxylic acids is 1. The Hall–Kier alpha value is -1.23. The number of benzene rings is 1. The van der Waals surface area contributed by atoms with Crippen molar-refractivity contribution >= 4 is 21.8 Å². The molecule has 1 aliphatic carbocycles. The molecule has 1 aliphatic rings. The van der Waals surface area contributed by atoms with Gasteiger partial charge in [-0.1, -0.05) is 41.3 Å². The van der Waals surface area contributed by atoms with E-state index in [1.165, 1.54) is 12.8 Å². The summed E-state index contributed by atoms with van der Waals surface area (Å²) >= 11 is 3.70. The zero-order chi connectivity index (χ0) is 15.2. The van der Waals surface area contributed by atoms with Gasteiger partial charge in [-0.05, 0) is 25.0 Å². The van der Waals surface area contributed by atoms with E-state index in [0.717, 1.165) is 19.3 Å². The first kappa shape index (κ1) is 16.1. The van der Waals surface area contributed by atoms with Crippen molar-refractivity contribution in [2.45, 2.75) is 43.0 Å². The second-order valence-corrected chi connectivity index (χ2v) is 6.45. The standard InChI is InChI=1S/C16H22BrNO3/c1-20-14-10-6-7-11(15(14)21-2)16(19)18-13-9-5-3-4-8-12(13)17/h6-7,10,12-13H,3-5,8-9H2,1-2H3,(H,18,19). The fraction of sp³-hybridized carbons (Fsp3) is 0.562. The molecule has 1 amide bonds. The van der Waals surface area contributed by atoms with Gasteiger partial charge in [0.2, 0.25) is 0 Å². The van der Waals surface area contributed by atoms with E-state index in [0.29, 0.717) is 21.9 Å². The number of alkyl halides is 1. The van der Waals surface area contributed by atoms with E-state index in [-0.39, 0.29) is 11.9 Å². The predicted molar refractivity (Wildman–Crippen MR) is 86.6 cm³/mol. The summed E-state index contributed by atoms with van der Waals surface area (Å²) in [7, 11) is 3.12. The van der Waals surface area contributed by atoms with Crippen LogP contribution in [0.15, 0.2) is 18.2 Å². The third kappa shape index (κ3) is 3.90. The Labute approximate surface area is 134 Å². The highest BCUT2D eigenvalue weighted by molar-refractivity contribution is 9.09. The van der Waals surface area contributed by atoms with Crippen molar-refractivity contribution in [1.82, 2.24) is 5.32 Å². The number of hydrogen-bond donors (Lipinski definition) is 1. The molecule has 2 unspecified atom stereocenters. The van der Waals surface area contributed by atoms with Gasteiger partial charge in [-0.25, -0.2) is 0 Å². The first-order chi connectivity index (χ1) is 10.2. The van der Waals surface area contributed by atoms with E-state index in [1.54, 1.807) is 32.4 Å². The molecule has 1 aromatic carbocycles. The van der Waals surface area contributed by atoms with Crippen LogP contribution < -0.4 is 14.8 Å². The molecule has 0 heterocycles. The molecular formula is C16H22BrNO3. The first-order valence-electron chi connectivity index (χ1n) is 7.33. The van der Waals surface area contributed by atoms with Crippen molar-refractivity contribution in [2.24, 2.45) is 0 Å². The molecule has 5 heteroatoms. The molecule has 0 radical (unpaired) electrons. The maximum absolute atomic E-state index is 12.6. The van der Waals surface area contributed by atoms with Gasteiger partial charge in [0.15, 0.2) is 11.5 Å². The lowest BCUT2D eigenvalue weighted by molar-refractivity contribution is 0.0931. The molecule has 4 nitrogen and oxygen atoms in total. The number of hydrogen-bond acceptors (Lipinski definition) is 3. The largest absolute Gasteiger partial charge is 0.493 e. The van der Waals surface area contributed by atoms with E-state index in [9.17, 15) is 4.79 Å². The number of nitrogens with one attached hydrogen (secondary N) is 1. The minimum Gasteiger partial charge on any atom is -0.493 e. The van der Waals surface area contributed by atoms with Crippen molar-refractivity contribution in [3.8, 4) is 11.5 Å². The molecule has 0 aliphatic heterocycles. The van der Waals surface area contributed by atoms with E-state index >= 15 is 0 Å². The van der Waals surface area contributed by atoms with Gasteiger partial charge in [-0.15, -0.1) is 0 Å². The zero-order valence-corrected chi connectivity index (χ0v) is 14.1. The maximum atomic E-state index is 12.6. The van der Waals surface area contributed by atoms with Crippen LogP contribution in [0.4, 0.5) is 0 Å². The highest BCUT2D eigenvalue weighted by atomic mass is 79.9. The number of para-hydroxylation sites is 1. The molecule has 1 saturated carbocycles. The van der Waals surface area contributed by atoms with Crippen LogP contribution in [0.2, 0.25) is 0 Å². The Morgan fingerprint density at radius 2 is 1.95 bits per heavy atom. The quantitative estimate of drug-likeness (QED) is 0.663. The van der Waals surface area contributed by atoms with Crippen molar-refractivity contribution in [3.05, 3.63) is 23.8 Å². The summed E-state index contributed by atoms with van der Waals surface area (Å²) in [6, 6.07) is 5.51. The highest BCUT2D eigenvalue weighted by Crippen LogP contribution is 2.31. The molecule has 1 fully saturated rings. The summed E-state index contributed by atoms with van der Waals surface area (Å²) in [5.41, 5.74) is 0.515. The lowest BCUT2D eigenvalue weighted by Crippen LogP contribution is -2.40. The van der Waals surface area contributed by atoms with Gasteiger partial charge in [-0.2, -0.15) is 0 Å². The molecule has 0 spiro atoms. The second-order valence-electron chi connectivity index (χ2n) is 5.28. The normalized spacial score (nSPS) is 22.2. The highest BCUT2D eigenvalue weighted by Gasteiger charge is 2.25. The van der Waals surface area contributed by atoms with Gasteiger partial charge < -0.3 is 14.8 Å². The van der Waals surface area contributed by atoms with Crippen LogP contribution in [0.5, 0.6) is 11.5 Å². The molecule has 1 N–H and O–H groups in total. The number of halogens is 1. The predicted octanol–water partition coefficient (Wildman–Crippen LogP) is 3.53. The summed E-state index contributed by atoms with van der Waals surface area (Å²) in [6.45, 7) is 0. The molecule has 1 aromatic rings. The molecule has 0 bridgehead atoms. The smallest absolute Gasteiger partial charge is 0.255 e. The van der Waals surface area contributed by atoms with Crippen LogP contribution in [0, 0.1) is 0 Å². The van der Waals surface area contributed by atoms with Crippen LogP contribution >= 0.6 is 15.9 Å². The van der Waals surface area contributed by atoms with Crippen LogP contribution in [-0.2, 0) is 0 Å². The van der Waals surface area contributed by atoms with Crippen molar-refractivity contribution in [1.29, 1.82) is 0 Å². The number of rotatable bonds is 4. The molecule has 2 atom stereocenters. The topological polar surface area (TPSA) is 47.6 Å². The van der Waals surface area contributed by atoms with Crippen LogP contribution in [-0.4, -0.2) is 31.0 Å². The van der Waals surface area contributed by atoms with Gasteiger partial charge in [-0.3, -0.25) is 4.79 Å². The van der Waals surface area contributed by atoms with E-state index in [2.05, 4.69) is 21.2 Å². The summed E-state index contributed by atoms with van der Waals surface area (Å²) in [5.74, 6) is 0.945. The SMILES string of the molecule is COc1cccc(C(=O)NC2CCCCCC2Br)c1OC. The molecule has 2 rings (SSSR count). The number of carbonyl (C=O) groups is 1. The van der Waals surface area contributed by atoms with Crippen LogP contribution in [0.25, 0.3) is 0 Å². The van der Waals surface area contributed by atoms with Crippen molar-refractivity contribution in [2.75, 3.05) is 14.2 Å². The molecule has 0 saturated heterocycles. The van der Waals surface area contributed by atoms with Crippen LogP contribution in [0.1, 0.15) is 42.5 Å². The Balaban J connectivity index is 2.16. The number of methoxy groups -OCH3 is 2. The number of ether oxygens (including phenoxy) is 2.